The topological polar surface area (TPSA) is 296 Å². The summed E-state index contributed by atoms with van der Waals surface area (Å²) in [7, 11) is 0. The molecule has 0 bridgehead atoms. The van der Waals surface area contributed by atoms with Gasteiger partial charge in [-0.1, -0.05) is 42.5 Å². The first-order valence-corrected chi connectivity index (χ1v) is 15.6. The van der Waals surface area contributed by atoms with E-state index in [4.69, 9.17) is 17.2 Å². The summed E-state index contributed by atoms with van der Waals surface area (Å²) in [6.07, 6.45) is 3.20. The first kappa shape index (κ1) is 38.1. The van der Waals surface area contributed by atoms with Crippen LogP contribution in [-0.4, -0.2) is 81.1 Å². The van der Waals surface area contributed by atoms with Crippen LogP contribution in [0.3, 0.4) is 0 Å². The number of nitrogens with two attached hydrogens (primary N) is 3. The van der Waals surface area contributed by atoms with Crippen LogP contribution in [0.1, 0.15) is 36.6 Å². The average Bonchev–Trinajstić information content (AvgIpc) is 3.58. The van der Waals surface area contributed by atoms with Gasteiger partial charge in [0.1, 0.15) is 24.2 Å². The standard InChI is InChI=1S/C32H41N11O7/c1-19(44)39-27(16-22-17-36-18-38-22)31(48)42-26(15-20-6-3-2-4-7-20)30(47)40-24(8-5-13-37-32(34)35)29(46)41-25(28(33)45)14-21-9-11-23(12-10-21)43(49)50/h2-4,6-7,9-12,17-18,24-27H,5,8,13-16H2,1H3,(H2,33,45)(H,36,38)(H,39,44)(H,40,47)(H,41,46)(H,42,48)(H4,34,35,37)/t24-,25-,26+,27-/m0/s1. The van der Waals surface area contributed by atoms with E-state index >= 15 is 0 Å². The number of carbonyl (C=O) groups is 5. The zero-order chi connectivity index (χ0) is 36.6. The van der Waals surface area contributed by atoms with Gasteiger partial charge < -0.3 is 43.5 Å². The quantitative estimate of drug-likeness (QED) is 0.0245. The molecule has 0 saturated carbocycles. The molecule has 18 heteroatoms. The van der Waals surface area contributed by atoms with Crippen molar-refractivity contribution in [1.29, 1.82) is 0 Å². The second-order valence-electron chi connectivity index (χ2n) is 11.4. The third-order valence-corrected chi connectivity index (χ3v) is 7.41. The van der Waals surface area contributed by atoms with Gasteiger partial charge in [0.15, 0.2) is 5.96 Å². The van der Waals surface area contributed by atoms with Crippen molar-refractivity contribution >= 4 is 41.2 Å². The van der Waals surface area contributed by atoms with Gasteiger partial charge in [-0.3, -0.25) is 39.1 Å². The summed E-state index contributed by atoms with van der Waals surface area (Å²) >= 11 is 0. The molecule has 0 fully saturated rings. The van der Waals surface area contributed by atoms with Crippen molar-refractivity contribution in [2.75, 3.05) is 6.54 Å². The molecule has 0 saturated heterocycles. The van der Waals surface area contributed by atoms with Crippen LogP contribution in [0.2, 0.25) is 0 Å². The molecule has 0 aliphatic heterocycles. The molecule has 3 aromatic rings. The number of carbonyl (C=O) groups excluding carboxylic acids is 5. The van der Waals surface area contributed by atoms with Crippen molar-refractivity contribution in [3.8, 4) is 0 Å². The van der Waals surface area contributed by atoms with Crippen LogP contribution in [0, 0.1) is 10.1 Å². The van der Waals surface area contributed by atoms with E-state index in [1.165, 1.54) is 43.7 Å². The third kappa shape index (κ3) is 12.7. The summed E-state index contributed by atoms with van der Waals surface area (Å²) in [5.41, 5.74) is 18.0. The van der Waals surface area contributed by atoms with E-state index in [9.17, 15) is 34.1 Å². The number of hydrogen-bond acceptors (Lipinski definition) is 9. The van der Waals surface area contributed by atoms with Crippen LogP contribution in [0.5, 0.6) is 0 Å². The number of rotatable bonds is 19. The summed E-state index contributed by atoms with van der Waals surface area (Å²) in [6, 6.07) is 9.49. The van der Waals surface area contributed by atoms with Crippen molar-refractivity contribution in [3.05, 3.63) is 94.1 Å². The van der Waals surface area contributed by atoms with E-state index in [-0.39, 0.29) is 50.3 Å². The summed E-state index contributed by atoms with van der Waals surface area (Å²) in [5.74, 6) is -3.65. The molecule has 0 unspecified atom stereocenters. The molecule has 1 aromatic heterocycles. The second-order valence-corrected chi connectivity index (χ2v) is 11.4. The average molecular weight is 692 g/mol. The molecule has 50 heavy (non-hydrogen) atoms. The van der Waals surface area contributed by atoms with E-state index in [1.807, 2.05) is 0 Å². The Labute approximate surface area is 287 Å². The second kappa shape index (κ2) is 18.9. The highest BCUT2D eigenvalue weighted by Gasteiger charge is 2.31. The van der Waals surface area contributed by atoms with Gasteiger partial charge in [0.25, 0.3) is 5.69 Å². The van der Waals surface area contributed by atoms with Gasteiger partial charge in [0.05, 0.1) is 11.3 Å². The van der Waals surface area contributed by atoms with Gasteiger partial charge in [0.2, 0.25) is 29.5 Å². The van der Waals surface area contributed by atoms with E-state index in [2.05, 4.69) is 36.2 Å². The van der Waals surface area contributed by atoms with Crippen LogP contribution < -0.4 is 38.5 Å². The molecular weight excluding hydrogens is 650 g/mol. The summed E-state index contributed by atoms with van der Waals surface area (Å²) < 4.78 is 0. The number of H-pyrrole nitrogens is 1. The van der Waals surface area contributed by atoms with Crippen LogP contribution in [0.4, 0.5) is 5.69 Å². The minimum atomic E-state index is -1.23. The number of nitrogens with zero attached hydrogens (tertiary/aromatic N) is 3. The molecule has 266 valence electrons. The van der Waals surface area contributed by atoms with Gasteiger partial charge >= 0.3 is 0 Å². The molecule has 0 radical (unpaired) electrons. The molecular formula is C32H41N11O7. The van der Waals surface area contributed by atoms with Gasteiger partial charge in [0, 0.05) is 56.8 Å². The van der Waals surface area contributed by atoms with Crippen molar-refractivity contribution in [1.82, 2.24) is 31.2 Å². The zero-order valence-electron chi connectivity index (χ0n) is 27.3. The highest BCUT2D eigenvalue weighted by atomic mass is 16.6. The lowest BCUT2D eigenvalue weighted by atomic mass is 10.0. The number of nitro groups is 1. The predicted molar refractivity (Wildman–Crippen MR) is 182 cm³/mol. The smallest absolute Gasteiger partial charge is 0.269 e. The fraction of sp³-hybridized carbons (Fsp3) is 0.344. The number of aromatic nitrogens is 2. The Kier molecular flexibility index (Phi) is 14.4. The SMILES string of the molecule is CC(=O)N[C@@H](Cc1cnc[nH]1)C(=O)N[C@H](Cc1ccccc1)C(=O)N[C@@H](CCCN=C(N)N)C(=O)N[C@@H](Cc1ccc([N+](=O)[O-])cc1)C(N)=O. The number of primary amides is 1. The highest BCUT2D eigenvalue weighted by Crippen LogP contribution is 2.14. The van der Waals surface area contributed by atoms with E-state index in [1.54, 1.807) is 30.3 Å². The van der Waals surface area contributed by atoms with Crippen molar-refractivity contribution < 1.29 is 28.9 Å². The van der Waals surface area contributed by atoms with Gasteiger partial charge in [-0.05, 0) is 24.0 Å². The fourth-order valence-electron chi connectivity index (χ4n) is 4.93. The molecule has 4 atom stereocenters. The Morgan fingerprint density at radius 3 is 1.92 bits per heavy atom. The molecule has 18 nitrogen and oxygen atoms in total. The molecule has 11 N–H and O–H groups in total. The fourth-order valence-corrected chi connectivity index (χ4v) is 4.93. The Hall–Kier alpha value is -6.33. The predicted octanol–water partition coefficient (Wildman–Crippen LogP) is -1.16. The summed E-state index contributed by atoms with van der Waals surface area (Å²) in [4.78, 5) is 86.5. The molecule has 2 aromatic carbocycles. The van der Waals surface area contributed by atoms with E-state index in [0.29, 0.717) is 16.8 Å². The van der Waals surface area contributed by atoms with Gasteiger partial charge in [-0.15, -0.1) is 0 Å². The first-order chi connectivity index (χ1) is 23.8. The number of nitro benzene ring substituents is 1. The number of amides is 5. The number of nitrogens with one attached hydrogen (secondary N) is 5. The number of aromatic amines is 1. The van der Waals surface area contributed by atoms with E-state index in [0.717, 1.165) is 0 Å². The van der Waals surface area contributed by atoms with Crippen molar-refractivity contribution in [3.63, 3.8) is 0 Å². The molecule has 0 spiro atoms. The summed E-state index contributed by atoms with van der Waals surface area (Å²) in [5, 5.41) is 21.5. The van der Waals surface area contributed by atoms with Gasteiger partial charge in [-0.25, -0.2) is 4.98 Å². The zero-order valence-corrected chi connectivity index (χ0v) is 27.3. The molecule has 3 rings (SSSR count). The lowest BCUT2D eigenvalue weighted by Gasteiger charge is -2.26. The van der Waals surface area contributed by atoms with Crippen LogP contribution in [0.25, 0.3) is 0 Å². The number of hydrogen-bond donors (Lipinski definition) is 8. The van der Waals surface area contributed by atoms with Crippen LogP contribution in [-0.2, 0) is 43.2 Å². The Morgan fingerprint density at radius 2 is 1.36 bits per heavy atom. The number of guanidine groups is 1. The largest absolute Gasteiger partial charge is 0.370 e. The summed E-state index contributed by atoms with van der Waals surface area (Å²) in [6.45, 7) is 1.38. The first-order valence-electron chi connectivity index (χ1n) is 15.6. The number of aliphatic imine (C=N–C) groups is 1. The molecule has 0 aliphatic carbocycles. The number of benzene rings is 2. The monoisotopic (exact) mass is 691 g/mol. The van der Waals surface area contributed by atoms with Crippen molar-refractivity contribution in [2.24, 2.45) is 22.2 Å². The number of non-ortho nitro benzene ring substituents is 1. The van der Waals surface area contributed by atoms with Crippen LogP contribution >= 0.6 is 0 Å². The minimum absolute atomic E-state index is 0.0255. The third-order valence-electron chi connectivity index (χ3n) is 7.41. The maximum atomic E-state index is 13.9. The minimum Gasteiger partial charge on any atom is -0.370 e. The maximum Gasteiger partial charge on any atom is 0.269 e. The normalized spacial score (nSPS) is 13.1. The lowest BCUT2D eigenvalue weighted by molar-refractivity contribution is -0.384. The Bertz CT molecular complexity index is 1640. The van der Waals surface area contributed by atoms with Gasteiger partial charge in [-0.2, -0.15) is 0 Å². The molecule has 0 aliphatic rings. The number of imidazole rings is 1. The van der Waals surface area contributed by atoms with Crippen LogP contribution in [0.15, 0.2) is 72.1 Å². The maximum absolute atomic E-state index is 13.9. The lowest BCUT2D eigenvalue weighted by Crippen LogP contribution is -2.59. The Balaban J connectivity index is 1.84. The van der Waals surface area contributed by atoms with Crippen molar-refractivity contribution in [2.45, 2.75) is 63.2 Å². The molecule has 5 amide bonds. The highest BCUT2D eigenvalue weighted by molar-refractivity contribution is 5.95. The molecule has 1 heterocycles. The van der Waals surface area contributed by atoms with E-state index < -0.39 is 58.6 Å². The Morgan fingerprint density at radius 1 is 0.800 bits per heavy atom.